The minimum atomic E-state index is -4.24. The summed E-state index contributed by atoms with van der Waals surface area (Å²) in [5.74, 6) is 0. The highest BCUT2D eigenvalue weighted by atomic mass is 79.9. The molecule has 2 rings (SSSR count). The van der Waals surface area contributed by atoms with E-state index in [0.29, 0.717) is 4.47 Å². The lowest BCUT2D eigenvalue weighted by molar-refractivity contribution is -0.137. The van der Waals surface area contributed by atoms with Crippen LogP contribution in [0.5, 0.6) is 0 Å². The maximum absolute atomic E-state index is 11.9. The third kappa shape index (κ3) is 9.38. The standard InChI is InChI=1S/C9H19BO2.C7H4BrF3/c1-2-3-4-5-7-10-11-8-6-9-12-10;8-6-3-1-5(2-4-6)7(9,10)11/h2-9H2,1H3;1-4H. The van der Waals surface area contributed by atoms with Gasteiger partial charge in [0.25, 0.3) is 0 Å². The quantitative estimate of drug-likeness (QED) is 0.453. The zero-order valence-electron chi connectivity index (χ0n) is 13.4. The minimum absolute atomic E-state index is 0.107. The highest BCUT2D eigenvalue weighted by molar-refractivity contribution is 9.10. The molecule has 7 heteroatoms. The van der Waals surface area contributed by atoms with E-state index >= 15 is 0 Å². The van der Waals surface area contributed by atoms with Crippen LogP contribution in [0.2, 0.25) is 6.32 Å². The summed E-state index contributed by atoms with van der Waals surface area (Å²) in [5.41, 5.74) is -0.624. The molecule has 2 nitrogen and oxygen atoms in total. The normalized spacial score (nSPS) is 15.1. The first-order chi connectivity index (χ1) is 10.9. The van der Waals surface area contributed by atoms with Gasteiger partial charge in [-0.1, -0.05) is 48.5 Å². The van der Waals surface area contributed by atoms with Gasteiger partial charge in [0.2, 0.25) is 0 Å². The lowest BCUT2D eigenvalue weighted by atomic mass is 9.81. The molecule has 0 amide bonds. The molecule has 1 saturated heterocycles. The predicted molar refractivity (Wildman–Crippen MR) is 90.4 cm³/mol. The first-order valence-electron chi connectivity index (χ1n) is 7.99. The maximum Gasteiger partial charge on any atom is 0.456 e. The fourth-order valence-corrected chi connectivity index (χ4v) is 2.34. The van der Waals surface area contributed by atoms with Gasteiger partial charge < -0.3 is 9.31 Å². The first-order valence-corrected chi connectivity index (χ1v) is 8.78. The summed E-state index contributed by atoms with van der Waals surface area (Å²) in [7, 11) is 0.107. The van der Waals surface area contributed by atoms with Crippen LogP contribution in [-0.2, 0) is 15.5 Å². The van der Waals surface area contributed by atoms with Crippen LogP contribution in [0.25, 0.3) is 0 Å². The average Bonchev–Trinajstić information content (AvgIpc) is 2.53. The molecule has 23 heavy (non-hydrogen) atoms. The van der Waals surface area contributed by atoms with E-state index in [4.69, 9.17) is 9.31 Å². The Bertz CT molecular complexity index is 420. The average molecular weight is 395 g/mol. The van der Waals surface area contributed by atoms with E-state index in [0.717, 1.165) is 38.1 Å². The number of rotatable bonds is 5. The summed E-state index contributed by atoms with van der Waals surface area (Å²) in [6.07, 6.45) is 3.11. The van der Waals surface area contributed by atoms with Crippen molar-refractivity contribution in [2.24, 2.45) is 0 Å². The molecule has 1 aromatic rings. The second-order valence-electron chi connectivity index (χ2n) is 5.38. The van der Waals surface area contributed by atoms with E-state index in [9.17, 15) is 13.2 Å². The SMILES string of the molecule is CCCCCCB1OCCCO1.FC(F)(F)c1ccc(Br)cc1. The molecule has 1 heterocycles. The van der Waals surface area contributed by atoms with E-state index in [2.05, 4.69) is 22.9 Å². The number of hydrogen-bond donors (Lipinski definition) is 0. The molecule has 0 N–H and O–H groups in total. The summed E-state index contributed by atoms with van der Waals surface area (Å²) in [6.45, 7) is 4.00. The molecule has 0 bridgehead atoms. The van der Waals surface area contributed by atoms with E-state index in [1.807, 2.05) is 0 Å². The van der Waals surface area contributed by atoms with E-state index in [1.54, 1.807) is 0 Å². The summed E-state index contributed by atoms with van der Waals surface area (Å²) in [5, 5.41) is 0. The molecular formula is C16H23BBrF3O2. The lowest BCUT2D eigenvalue weighted by Crippen LogP contribution is -2.29. The summed E-state index contributed by atoms with van der Waals surface area (Å²) in [4.78, 5) is 0. The third-order valence-corrected chi connectivity index (χ3v) is 3.89. The van der Waals surface area contributed by atoms with E-state index in [1.165, 1.54) is 37.8 Å². The Morgan fingerprint density at radius 1 is 1.04 bits per heavy atom. The second kappa shape index (κ2) is 11.1. The molecule has 0 saturated carbocycles. The molecule has 1 aromatic carbocycles. The Morgan fingerprint density at radius 2 is 1.65 bits per heavy atom. The van der Waals surface area contributed by atoms with Gasteiger partial charge in [0.1, 0.15) is 0 Å². The van der Waals surface area contributed by atoms with Gasteiger partial charge in [0.05, 0.1) is 5.56 Å². The van der Waals surface area contributed by atoms with Crippen molar-refractivity contribution in [3.8, 4) is 0 Å². The zero-order valence-corrected chi connectivity index (χ0v) is 15.0. The van der Waals surface area contributed by atoms with Gasteiger partial charge in [-0.3, -0.25) is 0 Å². The number of benzene rings is 1. The van der Waals surface area contributed by atoms with Gasteiger partial charge in [-0.05, 0) is 37.0 Å². The molecule has 0 spiro atoms. The number of hydrogen-bond acceptors (Lipinski definition) is 2. The van der Waals surface area contributed by atoms with Gasteiger partial charge in [0.15, 0.2) is 0 Å². The van der Waals surface area contributed by atoms with Crippen LogP contribution < -0.4 is 0 Å². The highest BCUT2D eigenvalue weighted by Gasteiger charge is 2.29. The Labute approximate surface area is 145 Å². The summed E-state index contributed by atoms with van der Waals surface area (Å²) < 4.78 is 47.2. The van der Waals surface area contributed by atoms with Crippen LogP contribution in [0.15, 0.2) is 28.7 Å². The van der Waals surface area contributed by atoms with Crippen LogP contribution in [0.4, 0.5) is 13.2 Å². The van der Waals surface area contributed by atoms with Gasteiger partial charge >= 0.3 is 13.3 Å². The van der Waals surface area contributed by atoms with E-state index < -0.39 is 11.7 Å². The molecule has 0 aromatic heterocycles. The molecule has 1 aliphatic rings. The molecule has 1 fully saturated rings. The minimum Gasteiger partial charge on any atom is -0.411 e. The topological polar surface area (TPSA) is 18.5 Å². The zero-order chi connectivity index (χ0) is 17.1. The van der Waals surface area contributed by atoms with Crippen molar-refractivity contribution in [1.29, 1.82) is 0 Å². The molecule has 0 unspecified atom stereocenters. The summed E-state index contributed by atoms with van der Waals surface area (Å²) in [6, 6.07) is 4.79. The van der Waals surface area contributed by atoms with Crippen LogP contribution >= 0.6 is 15.9 Å². The highest BCUT2D eigenvalue weighted by Crippen LogP contribution is 2.29. The van der Waals surface area contributed by atoms with E-state index in [-0.39, 0.29) is 7.12 Å². The number of unbranched alkanes of at least 4 members (excludes halogenated alkanes) is 3. The molecule has 1 aliphatic heterocycles. The first kappa shape index (κ1) is 20.5. The van der Waals surface area contributed by atoms with Crippen molar-refractivity contribution in [2.45, 2.75) is 51.5 Å². The molecule has 0 aliphatic carbocycles. The maximum atomic E-state index is 11.9. The molecule has 0 radical (unpaired) electrons. The predicted octanol–water partition coefficient (Wildman–Crippen LogP) is 5.96. The van der Waals surface area contributed by atoms with Gasteiger partial charge in [-0.2, -0.15) is 13.2 Å². The number of halogens is 4. The van der Waals surface area contributed by atoms with Crippen molar-refractivity contribution in [3.63, 3.8) is 0 Å². The van der Waals surface area contributed by atoms with Crippen molar-refractivity contribution >= 4 is 23.0 Å². The lowest BCUT2D eigenvalue weighted by Gasteiger charge is -2.19. The monoisotopic (exact) mass is 394 g/mol. The van der Waals surface area contributed by atoms with Crippen LogP contribution in [-0.4, -0.2) is 20.3 Å². The third-order valence-electron chi connectivity index (χ3n) is 3.36. The van der Waals surface area contributed by atoms with Crippen LogP contribution in [0.1, 0.15) is 44.6 Å². The Morgan fingerprint density at radius 3 is 2.17 bits per heavy atom. The van der Waals surface area contributed by atoms with Crippen molar-refractivity contribution in [2.75, 3.05) is 13.2 Å². The van der Waals surface area contributed by atoms with Gasteiger partial charge in [-0.15, -0.1) is 0 Å². The van der Waals surface area contributed by atoms with Crippen molar-refractivity contribution in [1.82, 2.24) is 0 Å². The molecular weight excluding hydrogens is 372 g/mol. The van der Waals surface area contributed by atoms with Crippen molar-refractivity contribution in [3.05, 3.63) is 34.3 Å². The fourth-order valence-electron chi connectivity index (χ4n) is 2.08. The Kier molecular flexibility index (Phi) is 9.91. The summed E-state index contributed by atoms with van der Waals surface area (Å²) >= 11 is 3.04. The fraction of sp³-hybridized carbons (Fsp3) is 0.625. The Balaban J connectivity index is 0.000000231. The molecule has 130 valence electrons. The van der Waals surface area contributed by atoms with Gasteiger partial charge in [-0.25, -0.2) is 0 Å². The van der Waals surface area contributed by atoms with Crippen molar-refractivity contribution < 1.29 is 22.5 Å². The largest absolute Gasteiger partial charge is 0.456 e. The van der Waals surface area contributed by atoms with Gasteiger partial charge in [0, 0.05) is 17.7 Å². The Hall–Kier alpha value is -0.525. The smallest absolute Gasteiger partial charge is 0.411 e. The van der Waals surface area contributed by atoms with Crippen LogP contribution in [0, 0.1) is 0 Å². The van der Waals surface area contributed by atoms with Crippen LogP contribution in [0.3, 0.4) is 0 Å². The second-order valence-corrected chi connectivity index (χ2v) is 6.29. The molecule has 0 atom stereocenters. The number of alkyl halides is 3.